The minimum absolute atomic E-state index is 0.676. The molecule has 0 spiro atoms. The Labute approximate surface area is 93.2 Å². The van der Waals surface area contributed by atoms with Crippen LogP contribution in [0, 0.1) is 23.2 Å². The number of hydrogen-bond acceptors (Lipinski definition) is 3. The molecule has 1 aliphatic rings. The summed E-state index contributed by atoms with van der Waals surface area (Å²) in [4.78, 5) is 2.51. The Morgan fingerprint density at radius 3 is 2.93 bits per heavy atom. The van der Waals surface area contributed by atoms with Crippen LogP contribution in [-0.4, -0.2) is 31.1 Å². The van der Waals surface area contributed by atoms with Crippen LogP contribution in [0.1, 0.15) is 32.6 Å². The van der Waals surface area contributed by atoms with Gasteiger partial charge in [-0.3, -0.25) is 0 Å². The van der Waals surface area contributed by atoms with E-state index in [4.69, 9.17) is 11.0 Å². The summed E-state index contributed by atoms with van der Waals surface area (Å²) in [6.07, 6.45) is 4.17. The molecule has 1 saturated heterocycles. The van der Waals surface area contributed by atoms with Crippen LogP contribution in [-0.2, 0) is 0 Å². The van der Waals surface area contributed by atoms with Gasteiger partial charge in [-0.1, -0.05) is 6.92 Å². The number of nitriles is 1. The zero-order chi connectivity index (χ0) is 11.1. The van der Waals surface area contributed by atoms with Gasteiger partial charge in [0.05, 0.1) is 6.07 Å². The second-order valence-electron chi connectivity index (χ2n) is 4.68. The predicted molar refractivity (Wildman–Crippen MR) is 62.2 cm³/mol. The molecule has 0 aromatic heterocycles. The highest BCUT2D eigenvalue weighted by Gasteiger charge is 2.24. The first kappa shape index (κ1) is 12.5. The van der Waals surface area contributed by atoms with Crippen molar-refractivity contribution in [2.45, 2.75) is 32.6 Å². The van der Waals surface area contributed by atoms with E-state index in [1.165, 1.54) is 13.0 Å². The van der Waals surface area contributed by atoms with Gasteiger partial charge in [-0.2, -0.15) is 5.26 Å². The van der Waals surface area contributed by atoms with E-state index < -0.39 is 0 Å². The summed E-state index contributed by atoms with van der Waals surface area (Å²) in [7, 11) is 0. The van der Waals surface area contributed by atoms with E-state index in [-0.39, 0.29) is 0 Å². The van der Waals surface area contributed by atoms with E-state index in [0.29, 0.717) is 12.3 Å². The maximum Gasteiger partial charge on any atom is 0.0621 e. The highest BCUT2D eigenvalue weighted by Crippen LogP contribution is 2.22. The monoisotopic (exact) mass is 209 g/mol. The van der Waals surface area contributed by atoms with E-state index >= 15 is 0 Å². The first-order chi connectivity index (χ1) is 7.27. The average molecular weight is 209 g/mol. The van der Waals surface area contributed by atoms with Crippen molar-refractivity contribution >= 4 is 0 Å². The van der Waals surface area contributed by atoms with Crippen molar-refractivity contribution in [3.8, 4) is 6.07 Å². The molecule has 1 fully saturated rings. The second-order valence-corrected chi connectivity index (χ2v) is 4.68. The first-order valence-corrected chi connectivity index (χ1v) is 6.07. The summed E-state index contributed by atoms with van der Waals surface area (Å²) < 4.78 is 0. The predicted octanol–water partition coefficient (Wildman–Crippen LogP) is 1.60. The van der Waals surface area contributed by atoms with Crippen molar-refractivity contribution in [2.24, 2.45) is 17.6 Å². The molecule has 0 amide bonds. The number of unbranched alkanes of at least 4 members (excludes halogenated alkanes) is 2. The van der Waals surface area contributed by atoms with Gasteiger partial charge in [0.1, 0.15) is 0 Å². The summed E-state index contributed by atoms with van der Waals surface area (Å²) in [5.41, 5.74) is 5.76. The molecule has 2 N–H and O–H groups in total. The van der Waals surface area contributed by atoms with Crippen LogP contribution in [0.15, 0.2) is 0 Å². The van der Waals surface area contributed by atoms with Gasteiger partial charge in [-0.05, 0) is 50.7 Å². The number of likely N-dealkylation sites (tertiary alicyclic amines) is 1. The van der Waals surface area contributed by atoms with Crippen LogP contribution in [0.5, 0.6) is 0 Å². The van der Waals surface area contributed by atoms with Crippen LogP contribution < -0.4 is 5.73 Å². The Morgan fingerprint density at radius 1 is 1.47 bits per heavy atom. The standard InChI is InChI=1S/C12H23N3/c1-11-5-8-15(10-12(11)9-14)7-4-2-3-6-13/h11-12H,2-5,7-10,14H2,1H3. The third kappa shape index (κ3) is 4.19. The van der Waals surface area contributed by atoms with Crippen LogP contribution in [0.25, 0.3) is 0 Å². The summed E-state index contributed by atoms with van der Waals surface area (Å²) >= 11 is 0. The fourth-order valence-electron chi connectivity index (χ4n) is 2.27. The molecule has 0 aromatic carbocycles. The van der Waals surface area contributed by atoms with Crippen LogP contribution in [0.4, 0.5) is 0 Å². The highest BCUT2D eigenvalue weighted by molar-refractivity contribution is 4.78. The Morgan fingerprint density at radius 2 is 2.27 bits per heavy atom. The van der Waals surface area contributed by atoms with Gasteiger partial charge in [-0.15, -0.1) is 0 Å². The SMILES string of the molecule is CC1CCN(CCCCC#N)CC1CN. The Bertz CT molecular complexity index is 209. The molecule has 0 aromatic rings. The largest absolute Gasteiger partial charge is 0.330 e. The molecule has 0 aliphatic carbocycles. The van der Waals surface area contributed by atoms with Crippen molar-refractivity contribution in [2.75, 3.05) is 26.2 Å². The number of hydrogen-bond donors (Lipinski definition) is 1. The summed E-state index contributed by atoms with van der Waals surface area (Å²) in [6, 6.07) is 2.19. The van der Waals surface area contributed by atoms with Gasteiger partial charge in [-0.25, -0.2) is 0 Å². The Hall–Kier alpha value is -0.590. The fourth-order valence-corrected chi connectivity index (χ4v) is 2.27. The molecule has 3 heteroatoms. The number of nitrogens with two attached hydrogens (primary N) is 1. The van der Waals surface area contributed by atoms with Crippen molar-refractivity contribution in [1.29, 1.82) is 5.26 Å². The quantitative estimate of drug-likeness (QED) is 0.700. The summed E-state index contributed by atoms with van der Waals surface area (Å²) in [5.74, 6) is 1.46. The van der Waals surface area contributed by atoms with E-state index in [0.717, 1.165) is 38.4 Å². The normalized spacial score (nSPS) is 27.5. The molecule has 86 valence electrons. The minimum Gasteiger partial charge on any atom is -0.330 e. The van der Waals surface area contributed by atoms with Crippen LogP contribution >= 0.6 is 0 Å². The van der Waals surface area contributed by atoms with E-state index in [1.807, 2.05) is 0 Å². The molecule has 2 atom stereocenters. The minimum atomic E-state index is 0.676. The topological polar surface area (TPSA) is 53.0 Å². The molecule has 0 saturated carbocycles. The van der Waals surface area contributed by atoms with Gasteiger partial charge in [0, 0.05) is 13.0 Å². The number of nitrogens with zero attached hydrogens (tertiary/aromatic N) is 2. The lowest BCUT2D eigenvalue weighted by Crippen LogP contribution is -2.42. The zero-order valence-corrected chi connectivity index (χ0v) is 9.78. The summed E-state index contributed by atoms with van der Waals surface area (Å²) in [6.45, 7) is 6.64. The Kier molecular flexibility index (Phi) is 5.67. The van der Waals surface area contributed by atoms with Crippen LogP contribution in [0.2, 0.25) is 0 Å². The molecule has 3 nitrogen and oxygen atoms in total. The van der Waals surface area contributed by atoms with Gasteiger partial charge in [0.25, 0.3) is 0 Å². The number of rotatable bonds is 5. The molecule has 1 aliphatic heterocycles. The van der Waals surface area contributed by atoms with Gasteiger partial charge in [0.15, 0.2) is 0 Å². The third-order valence-corrected chi connectivity index (χ3v) is 3.51. The third-order valence-electron chi connectivity index (χ3n) is 3.51. The lowest BCUT2D eigenvalue weighted by molar-refractivity contribution is 0.130. The lowest BCUT2D eigenvalue weighted by atomic mass is 9.87. The van der Waals surface area contributed by atoms with E-state index in [2.05, 4.69) is 17.9 Å². The van der Waals surface area contributed by atoms with E-state index in [1.54, 1.807) is 0 Å². The molecular formula is C12H23N3. The molecule has 2 unspecified atom stereocenters. The molecule has 15 heavy (non-hydrogen) atoms. The van der Waals surface area contributed by atoms with Crippen molar-refractivity contribution in [3.63, 3.8) is 0 Å². The van der Waals surface area contributed by atoms with Crippen molar-refractivity contribution in [1.82, 2.24) is 4.90 Å². The zero-order valence-electron chi connectivity index (χ0n) is 9.78. The Balaban J connectivity index is 2.18. The van der Waals surface area contributed by atoms with Gasteiger partial charge >= 0.3 is 0 Å². The van der Waals surface area contributed by atoms with Gasteiger partial charge < -0.3 is 10.6 Å². The second kappa shape index (κ2) is 6.81. The molecule has 0 radical (unpaired) electrons. The molecule has 1 heterocycles. The molecule has 0 bridgehead atoms. The first-order valence-electron chi connectivity index (χ1n) is 6.07. The molecule has 1 rings (SSSR count). The van der Waals surface area contributed by atoms with Crippen LogP contribution in [0.3, 0.4) is 0 Å². The van der Waals surface area contributed by atoms with Gasteiger partial charge in [0.2, 0.25) is 0 Å². The smallest absolute Gasteiger partial charge is 0.0621 e. The fraction of sp³-hybridized carbons (Fsp3) is 0.917. The van der Waals surface area contributed by atoms with Crippen molar-refractivity contribution in [3.05, 3.63) is 0 Å². The highest BCUT2D eigenvalue weighted by atomic mass is 15.1. The lowest BCUT2D eigenvalue weighted by Gasteiger charge is -2.36. The maximum atomic E-state index is 8.44. The maximum absolute atomic E-state index is 8.44. The summed E-state index contributed by atoms with van der Waals surface area (Å²) in [5, 5.41) is 8.44. The molecular weight excluding hydrogens is 186 g/mol. The van der Waals surface area contributed by atoms with E-state index in [9.17, 15) is 0 Å². The average Bonchev–Trinajstić information content (AvgIpc) is 2.26. The van der Waals surface area contributed by atoms with Crippen molar-refractivity contribution < 1.29 is 0 Å². The number of piperidine rings is 1.